The molecular formula is C46H30N2O. The van der Waals surface area contributed by atoms with Gasteiger partial charge in [0.2, 0.25) is 0 Å². The second kappa shape index (κ2) is 11.0. The van der Waals surface area contributed by atoms with Gasteiger partial charge in [0.25, 0.3) is 0 Å². The molecule has 0 aliphatic rings. The van der Waals surface area contributed by atoms with Crippen molar-refractivity contribution in [3.63, 3.8) is 0 Å². The van der Waals surface area contributed by atoms with Crippen molar-refractivity contribution in [1.29, 1.82) is 0 Å². The summed E-state index contributed by atoms with van der Waals surface area (Å²) in [5.74, 6) is 0. The Balaban J connectivity index is 1.29. The minimum atomic E-state index is 0.882. The molecule has 0 saturated carbocycles. The van der Waals surface area contributed by atoms with Crippen LogP contribution in [-0.2, 0) is 0 Å². The van der Waals surface area contributed by atoms with Crippen molar-refractivity contribution in [3.05, 3.63) is 182 Å². The zero-order chi connectivity index (χ0) is 32.3. The highest BCUT2D eigenvalue weighted by molar-refractivity contribution is 6.19. The first-order valence-corrected chi connectivity index (χ1v) is 16.7. The molecule has 49 heavy (non-hydrogen) atoms. The molecule has 0 unspecified atom stereocenters. The summed E-state index contributed by atoms with van der Waals surface area (Å²) in [7, 11) is 0. The van der Waals surface area contributed by atoms with Gasteiger partial charge in [-0.2, -0.15) is 0 Å². The van der Waals surface area contributed by atoms with Crippen LogP contribution in [0.25, 0.3) is 71.3 Å². The highest BCUT2D eigenvalue weighted by Gasteiger charge is 2.21. The third-order valence-corrected chi connectivity index (χ3v) is 9.76. The molecule has 0 aliphatic carbocycles. The maximum atomic E-state index is 6.26. The number of hydrogen-bond donors (Lipinski definition) is 0. The van der Waals surface area contributed by atoms with Gasteiger partial charge in [0, 0.05) is 49.6 Å². The van der Waals surface area contributed by atoms with Crippen LogP contribution in [0, 0.1) is 0 Å². The van der Waals surface area contributed by atoms with E-state index in [1.807, 2.05) is 12.1 Å². The molecule has 0 atom stereocenters. The van der Waals surface area contributed by atoms with Gasteiger partial charge in [-0.3, -0.25) is 0 Å². The Morgan fingerprint density at radius 1 is 0.429 bits per heavy atom. The molecule has 0 bridgehead atoms. The van der Waals surface area contributed by atoms with Crippen LogP contribution in [0.2, 0.25) is 0 Å². The Bertz CT molecular complexity index is 2830. The fourth-order valence-electron chi connectivity index (χ4n) is 7.56. The number of aromatic nitrogens is 1. The third-order valence-electron chi connectivity index (χ3n) is 9.76. The van der Waals surface area contributed by atoms with E-state index in [2.05, 4.69) is 179 Å². The average Bonchev–Trinajstić information content (AvgIpc) is 3.71. The third kappa shape index (κ3) is 4.37. The molecule has 0 spiro atoms. The largest absolute Gasteiger partial charge is 0.456 e. The summed E-state index contributed by atoms with van der Waals surface area (Å²) in [5.41, 5.74) is 10.9. The molecule has 0 aliphatic heterocycles. The van der Waals surface area contributed by atoms with E-state index >= 15 is 0 Å². The van der Waals surface area contributed by atoms with Crippen LogP contribution in [0.4, 0.5) is 17.1 Å². The normalized spacial score (nSPS) is 11.7. The fourth-order valence-corrected chi connectivity index (χ4v) is 7.56. The minimum Gasteiger partial charge on any atom is -0.456 e. The van der Waals surface area contributed by atoms with Crippen molar-refractivity contribution in [2.24, 2.45) is 0 Å². The number of hydrogen-bond acceptors (Lipinski definition) is 2. The number of furan rings is 1. The molecule has 8 aromatic carbocycles. The average molecular weight is 627 g/mol. The Morgan fingerprint density at radius 3 is 1.96 bits per heavy atom. The second-order valence-electron chi connectivity index (χ2n) is 12.6. The van der Waals surface area contributed by atoms with Crippen molar-refractivity contribution in [2.75, 3.05) is 4.90 Å². The first-order valence-electron chi connectivity index (χ1n) is 16.7. The molecule has 0 N–H and O–H groups in total. The van der Waals surface area contributed by atoms with Gasteiger partial charge < -0.3 is 13.9 Å². The van der Waals surface area contributed by atoms with Gasteiger partial charge in [-0.15, -0.1) is 0 Å². The summed E-state index contributed by atoms with van der Waals surface area (Å²) in [6, 6.07) is 65.1. The highest BCUT2D eigenvalue weighted by atomic mass is 16.3. The lowest BCUT2D eigenvalue weighted by Crippen LogP contribution is -2.11. The molecule has 2 aromatic heterocycles. The summed E-state index contributed by atoms with van der Waals surface area (Å²) in [5, 5.41) is 7.15. The van der Waals surface area contributed by atoms with Gasteiger partial charge in [0.1, 0.15) is 11.2 Å². The summed E-state index contributed by atoms with van der Waals surface area (Å²) >= 11 is 0. The summed E-state index contributed by atoms with van der Waals surface area (Å²) in [6.45, 7) is 0. The number of rotatable bonds is 5. The lowest BCUT2D eigenvalue weighted by Gasteiger charge is -2.28. The molecule has 2 heterocycles. The van der Waals surface area contributed by atoms with Gasteiger partial charge in [0.05, 0.1) is 16.7 Å². The van der Waals surface area contributed by atoms with Gasteiger partial charge >= 0.3 is 0 Å². The molecule has 0 saturated heterocycles. The van der Waals surface area contributed by atoms with Crippen LogP contribution >= 0.6 is 0 Å². The molecule has 230 valence electrons. The van der Waals surface area contributed by atoms with Crippen LogP contribution < -0.4 is 4.90 Å². The Labute approximate surface area is 283 Å². The van der Waals surface area contributed by atoms with Crippen molar-refractivity contribution in [2.45, 2.75) is 0 Å². The van der Waals surface area contributed by atoms with E-state index in [0.29, 0.717) is 0 Å². The molecule has 3 nitrogen and oxygen atoms in total. The van der Waals surface area contributed by atoms with Crippen LogP contribution in [-0.4, -0.2) is 4.57 Å². The Kier molecular flexibility index (Phi) is 6.18. The molecule has 0 amide bonds. The highest BCUT2D eigenvalue weighted by Crippen LogP contribution is 2.45. The first-order chi connectivity index (χ1) is 24.3. The van der Waals surface area contributed by atoms with E-state index in [1.54, 1.807) is 0 Å². The maximum absolute atomic E-state index is 6.26. The van der Waals surface area contributed by atoms with Gasteiger partial charge in [-0.25, -0.2) is 0 Å². The topological polar surface area (TPSA) is 21.3 Å². The van der Waals surface area contributed by atoms with E-state index in [0.717, 1.165) is 55.8 Å². The summed E-state index contributed by atoms with van der Waals surface area (Å²) in [6.07, 6.45) is 0. The fraction of sp³-hybridized carbons (Fsp3) is 0. The molecule has 0 fully saturated rings. The number of para-hydroxylation sites is 3. The van der Waals surface area contributed by atoms with Gasteiger partial charge in [-0.1, -0.05) is 127 Å². The van der Waals surface area contributed by atoms with Crippen LogP contribution in [0.15, 0.2) is 186 Å². The molecule has 3 heteroatoms. The maximum Gasteiger partial charge on any atom is 0.135 e. The van der Waals surface area contributed by atoms with Gasteiger partial charge in [0.15, 0.2) is 0 Å². The smallest absolute Gasteiger partial charge is 0.135 e. The molecular weight excluding hydrogens is 597 g/mol. The zero-order valence-electron chi connectivity index (χ0n) is 26.6. The molecule has 10 aromatic rings. The van der Waals surface area contributed by atoms with E-state index in [-0.39, 0.29) is 0 Å². The Hall–Kier alpha value is -6.58. The standard InChI is InChI=1S/C46H30N2O/c1-3-13-31(14-4-1)36-18-9-11-21-42(36)47(34-25-28-45-41(29-34)39-20-10-12-22-44(39)49-45)35-24-27-38-40-26-23-32-15-7-8-19-37(32)46(40)48(43(38)30-35)33-16-5-2-6-17-33/h1-30H. The van der Waals surface area contributed by atoms with Crippen molar-refractivity contribution >= 4 is 71.6 Å². The summed E-state index contributed by atoms with van der Waals surface area (Å²) in [4.78, 5) is 2.40. The molecule has 0 radical (unpaired) electrons. The van der Waals surface area contributed by atoms with Crippen LogP contribution in [0.1, 0.15) is 0 Å². The second-order valence-corrected chi connectivity index (χ2v) is 12.6. The van der Waals surface area contributed by atoms with Crippen LogP contribution in [0.5, 0.6) is 0 Å². The van der Waals surface area contributed by atoms with Crippen LogP contribution in [0.3, 0.4) is 0 Å². The number of nitrogens with zero attached hydrogens (tertiary/aromatic N) is 2. The van der Waals surface area contributed by atoms with Crippen molar-refractivity contribution in [1.82, 2.24) is 4.57 Å². The lowest BCUT2D eigenvalue weighted by atomic mass is 10.0. The number of anilines is 3. The predicted octanol–water partition coefficient (Wildman–Crippen LogP) is 13.0. The van der Waals surface area contributed by atoms with Gasteiger partial charge in [-0.05, 0) is 65.5 Å². The van der Waals surface area contributed by atoms with Crippen molar-refractivity contribution in [3.8, 4) is 16.8 Å². The SMILES string of the molecule is c1ccc(-c2ccccc2N(c2ccc3oc4ccccc4c3c2)c2ccc3c4ccc5ccccc5c4n(-c4ccccc4)c3c2)cc1. The van der Waals surface area contributed by atoms with E-state index in [1.165, 1.54) is 32.6 Å². The monoisotopic (exact) mass is 626 g/mol. The zero-order valence-corrected chi connectivity index (χ0v) is 26.6. The molecule has 10 rings (SSSR count). The lowest BCUT2D eigenvalue weighted by molar-refractivity contribution is 0.669. The van der Waals surface area contributed by atoms with E-state index < -0.39 is 0 Å². The van der Waals surface area contributed by atoms with Crippen molar-refractivity contribution < 1.29 is 4.42 Å². The van der Waals surface area contributed by atoms with E-state index in [4.69, 9.17) is 4.42 Å². The summed E-state index contributed by atoms with van der Waals surface area (Å²) < 4.78 is 8.70. The minimum absolute atomic E-state index is 0.882. The van der Waals surface area contributed by atoms with E-state index in [9.17, 15) is 0 Å². The number of fused-ring (bicyclic) bond motifs is 8. The quantitative estimate of drug-likeness (QED) is 0.190. The first kappa shape index (κ1) is 27.5. The number of benzene rings is 8. The predicted molar refractivity (Wildman–Crippen MR) is 206 cm³/mol. The Morgan fingerprint density at radius 2 is 1.08 bits per heavy atom.